The van der Waals surface area contributed by atoms with Crippen LogP contribution in [-0.4, -0.2) is 62.0 Å². The van der Waals surface area contributed by atoms with Gasteiger partial charge in [0.15, 0.2) is 11.5 Å². The number of carbonyl (C=O) groups excluding carboxylic acids is 1. The summed E-state index contributed by atoms with van der Waals surface area (Å²) in [7, 11) is 0. The normalized spacial score (nSPS) is 12.6. The van der Waals surface area contributed by atoms with Crippen molar-refractivity contribution >= 4 is 17.8 Å². The molecular formula is C22H26N2O8. The van der Waals surface area contributed by atoms with Crippen molar-refractivity contribution in [3.8, 4) is 17.2 Å². The van der Waals surface area contributed by atoms with Gasteiger partial charge >= 0.3 is 11.9 Å². The van der Waals surface area contributed by atoms with Gasteiger partial charge in [0, 0.05) is 6.42 Å². The summed E-state index contributed by atoms with van der Waals surface area (Å²) in [5.74, 6) is -4.74. The van der Waals surface area contributed by atoms with Crippen LogP contribution in [0.15, 0.2) is 42.5 Å². The van der Waals surface area contributed by atoms with E-state index in [-0.39, 0.29) is 19.4 Å². The monoisotopic (exact) mass is 446 g/mol. The lowest BCUT2D eigenvalue weighted by atomic mass is 10.0. The van der Waals surface area contributed by atoms with E-state index >= 15 is 0 Å². The first kappa shape index (κ1) is 24.5. The van der Waals surface area contributed by atoms with Crippen LogP contribution in [0.4, 0.5) is 0 Å². The third-order valence-corrected chi connectivity index (χ3v) is 4.82. The van der Waals surface area contributed by atoms with E-state index in [4.69, 9.17) is 5.11 Å². The highest BCUT2D eigenvalue weighted by Gasteiger charge is 2.27. The molecule has 2 atom stereocenters. The van der Waals surface area contributed by atoms with Crippen LogP contribution in [0, 0.1) is 0 Å². The van der Waals surface area contributed by atoms with Gasteiger partial charge in [0.25, 0.3) is 0 Å². The lowest BCUT2D eigenvalue weighted by Crippen LogP contribution is -2.51. The fraction of sp³-hybridized carbons (Fsp3) is 0.318. The number of hydrogen-bond donors (Lipinski definition) is 7. The number of rotatable bonds is 12. The quantitative estimate of drug-likeness (QED) is 0.185. The number of aromatic hydroxyl groups is 3. The first-order valence-corrected chi connectivity index (χ1v) is 9.94. The van der Waals surface area contributed by atoms with Crippen LogP contribution < -0.4 is 10.6 Å². The van der Waals surface area contributed by atoms with Gasteiger partial charge in [-0.1, -0.05) is 36.4 Å². The highest BCUT2D eigenvalue weighted by molar-refractivity contribution is 5.89. The number of carbonyl (C=O) groups is 3. The molecule has 0 aromatic heterocycles. The number of phenolic OH excluding ortho intramolecular Hbond substituents is 3. The molecule has 172 valence electrons. The maximum Gasteiger partial charge on any atom is 0.326 e. The molecule has 0 unspecified atom stereocenters. The van der Waals surface area contributed by atoms with Crippen molar-refractivity contribution in [2.24, 2.45) is 0 Å². The molecule has 0 saturated heterocycles. The number of aliphatic carboxylic acids is 2. The number of amides is 1. The summed E-state index contributed by atoms with van der Waals surface area (Å²) in [5.41, 5.74) is 1.08. The molecule has 0 heterocycles. The van der Waals surface area contributed by atoms with E-state index in [0.29, 0.717) is 17.5 Å². The molecule has 10 heteroatoms. The third kappa shape index (κ3) is 7.17. The molecule has 0 radical (unpaired) electrons. The Morgan fingerprint density at radius 2 is 1.56 bits per heavy atom. The fourth-order valence-corrected chi connectivity index (χ4v) is 3.12. The van der Waals surface area contributed by atoms with E-state index in [9.17, 15) is 34.8 Å². The van der Waals surface area contributed by atoms with Gasteiger partial charge in [0.1, 0.15) is 6.04 Å². The first-order valence-electron chi connectivity index (χ1n) is 9.94. The van der Waals surface area contributed by atoms with Crippen LogP contribution in [0.25, 0.3) is 0 Å². The second-order valence-corrected chi connectivity index (χ2v) is 7.24. The highest BCUT2D eigenvalue weighted by atomic mass is 16.4. The summed E-state index contributed by atoms with van der Waals surface area (Å²) in [4.78, 5) is 35.3. The predicted molar refractivity (Wildman–Crippen MR) is 114 cm³/mol. The van der Waals surface area contributed by atoms with Crippen LogP contribution in [-0.2, 0) is 27.2 Å². The number of hydrogen-bond acceptors (Lipinski definition) is 7. The minimum absolute atomic E-state index is 0.0470. The number of phenols is 3. The summed E-state index contributed by atoms with van der Waals surface area (Å²) in [5, 5.41) is 52.5. The smallest absolute Gasteiger partial charge is 0.326 e. The number of carboxylic acid groups (broad SMARTS) is 2. The zero-order valence-corrected chi connectivity index (χ0v) is 17.2. The fourth-order valence-electron chi connectivity index (χ4n) is 3.12. The SMILES string of the molecule is O=C(O)C[C@H](NCCCc1ccc(O)c(O)c1O)C(=O)N[C@@H](Cc1ccccc1)C(=O)O. The van der Waals surface area contributed by atoms with Crippen LogP contribution >= 0.6 is 0 Å². The van der Waals surface area contributed by atoms with E-state index < -0.39 is 53.6 Å². The average molecular weight is 446 g/mol. The molecule has 2 aromatic carbocycles. The largest absolute Gasteiger partial charge is 0.504 e. The van der Waals surface area contributed by atoms with Crippen molar-refractivity contribution in [1.82, 2.24) is 10.6 Å². The molecule has 7 N–H and O–H groups in total. The van der Waals surface area contributed by atoms with Gasteiger partial charge in [-0.3, -0.25) is 9.59 Å². The van der Waals surface area contributed by atoms with Gasteiger partial charge < -0.3 is 36.2 Å². The second-order valence-electron chi connectivity index (χ2n) is 7.24. The maximum absolute atomic E-state index is 12.6. The highest BCUT2D eigenvalue weighted by Crippen LogP contribution is 2.37. The molecule has 32 heavy (non-hydrogen) atoms. The molecular weight excluding hydrogens is 420 g/mol. The van der Waals surface area contributed by atoms with Crippen LogP contribution in [0.2, 0.25) is 0 Å². The molecule has 0 fully saturated rings. The van der Waals surface area contributed by atoms with Crippen LogP contribution in [0.3, 0.4) is 0 Å². The Balaban J connectivity index is 1.95. The summed E-state index contributed by atoms with van der Waals surface area (Å²) >= 11 is 0. The zero-order chi connectivity index (χ0) is 23.7. The molecule has 0 aliphatic carbocycles. The summed E-state index contributed by atoms with van der Waals surface area (Å²) in [6, 6.07) is 9.02. The molecule has 0 saturated carbocycles. The molecule has 1 amide bonds. The molecule has 0 bridgehead atoms. The van der Waals surface area contributed by atoms with Crippen LogP contribution in [0.5, 0.6) is 17.2 Å². The number of benzene rings is 2. The summed E-state index contributed by atoms with van der Waals surface area (Å²) in [6.07, 6.45) is 0.146. The van der Waals surface area contributed by atoms with Gasteiger partial charge in [-0.2, -0.15) is 0 Å². The molecule has 2 rings (SSSR count). The van der Waals surface area contributed by atoms with E-state index in [2.05, 4.69) is 10.6 Å². The van der Waals surface area contributed by atoms with E-state index in [0.717, 1.165) is 0 Å². The van der Waals surface area contributed by atoms with E-state index in [1.165, 1.54) is 12.1 Å². The minimum Gasteiger partial charge on any atom is -0.504 e. The van der Waals surface area contributed by atoms with Gasteiger partial charge in [-0.25, -0.2) is 4.79 Å². The Morgan fingerprint density at radius 3 is 2.19 bits per heavy atom. The lowest BCUT2D eigenvalue weighted by molar-refractivity contribution is -0.143. The van der Waals surface area contributed by atoms with Gasteiger partial charge in [-0.05, 0) is 36.6 Å². The Hall–Kier alpha value is -3.79. The van der Waals surface area contributed by atoms with E-state index in [1.54, 1.807) is 30.3 Å². The third-order valence-electron chi connectivity index (χ3n) is 4.82. The molecule has 0 aliphatic heterocycles. The average Bonchev–Trinajstić information content (AvgIpc) is 2.75. The van der Waals surface area contributed by atoms with Crippen molar-refractivity contribution in [3.63, 3.8) is 0 Å². The topological polar surface area (TPSA) is 176 Å². The Labute approximate surface area is 184 Å². The number of aryl methyl sites for hydroxylation is 1. The van der Waals surface area contributed by atoms with Crippen molar-refractivity contribution in [2.75, 3.05) is 6.54 Å². The zero-order valence-electron chi connectivity index (χ0n) is 17.2. The maximum atomic E-state index is 12.6. The predicted octanol–water partition coefficient (Wildman–Crippen LogP) is 0.981. The Bertz CT molecular complexity index is 948. The van der Waals surface area contributed by atoms with Crippen LogP contribution in [0.1, 0.15) is 24.0 Å². The van der Waals surface area contributed by atoms with Crippen molar-refractivity contribution in [3.05, 3.63) is 53.6 Å². The Morgan fingerprint density at radius 1 is 0.875 bits per heavy atom. The molecule has 10 nitrogen and oxygen atoms in total. The molecule has 0 spiro atoms. The minimum atomic E-state index is -1.24. The number of carboxylic acids is 2. The van der Waals surface area contributed by atoms with Gasteiger partial charge in [0.05, 0.1) is 12.5 Å². The van der Waals surface area contributed by atoms with Crippen molar-refractivity contribution < 1.29 is 39.9 Å². The first-order chi connectivity index (χ1) is 15.2. The number of nitrogens with one attached hydrogen (secondary N) is 2. The summed E-state index contributed by atoms with van der Waals surface area (Å²) in [6.45, 7) is 0.183. The summed E-state index contributed by atoms with van der Waals surface area (Å²) < 4.78 is 0. The van der Waals surface area contributed by atoms with E-state index in [1.807, 2.05) is 0 Å². The molecule has 2 aromatic rings. The van der Waals surface area contributed by atoms with Gasteiger partial charge in [-0.15, -0.1) is 0 Å². The lowest BCUT2D eigenvalue weighted by Gasteiger charge is -2.20. The Kier molecular flexibility index (Phi) is 8.84. The standard InChI is InChI=1S/C22H26N2O8/c25-17-9-8-14(19(28)20(17)29)7-4-10-23-15(12-18(26)27)21(30)24-16(22(31)32)11-13-5-2-1-3-6-13/h1-3,5-6,8-9,15-16,23,25,28-29H,4,7,10-12H2,(H,24,30)(H,26,27)(H,31,32)/t15-,16-/m0/s1. The molecule has 0 aliphatic rings. The second kappa shape index (κ2) is 11.6. The van der Waals surface area contributed by atoms with Crippen molar-refractivity contribution in [2.45, 2.75) is 37.8 Å². The van der Waals surface area contributed by atoms with Crippen molar-refractivity contribution in [1.29, 1.82) is 0 Å². The van der Waals surface area contributed by atoms with Gasteiger partial charge in [0.2, 0.25) is 11.7 Å².